The molecule has 0 saturated carbocycles. The van der Waals surface area contributed by atoms with Gasteiger partial charge in [-0.25, -0.2) is 0 Å². The molecule has 0 aromatic carbocycles. The van der Waals surface area contributed by atoms with E-state index in [1.165, 1.54) is 11.3 Å². The maximum Gasteiger partial charge on any atom is 0.154 e. The number of Topliss-reactive ketones (excluding diaryl/α,β-unsaturated/α-hetero) is 1. The Labute approximate surface area is 88.4 Å². The molecule has 0 spiro atoms. The molecule has 0 saturated heterocycles. The monoisotopic (exact) mass is 209 g/mol. The number of carbonyl (C=O) groups is 1. The molecule has 2 nitrogen and oxygen atoms in total. The SMILES string of the molecule is C=CCCCC(=O)C(N)c1cccs1. The fourth-order valence-corrected chi connectivity index (χ4v) is 1.95. The minimum Gasteiger partial charge on any atom is -0.317 e. The average Bonchev–Trinajstić information content (AvgIpc) is 2.69. The summed E-state index contributed by atoms with van der Waals surface area (Å²) < 4.78 is 0. The van der Waals surface area contributed by atoms with Crippen LogP contribution in [0, 0.1) is 0 Å². The standard InChI is InChI=1S/C11H15NOS/c1-2-3-4-6-9(13)11(12)10-7-5-8-14-10/h2,5,7-8,11H,1,3-4,6,12H2. The first-order valence-electron chi connectivity index (χ1n) is 4.68. The van der Waals surface area contributed by atoms with E-state index >= 15 is 0 Å². The van der Waals surface area contributed by atoms with Crippen LogP contribution in [0.4, 0.5) is 0 Å². The number of nitrogens with two attached hydrogens (primary N) is 1. The number of ketones is 1. The summed E-state index contributed by atoms with van der Waals surface area (Å²) in [5.41, 5.74) is 5.80. The molecule has 1 rings (SSSR count). The predicted molar refractivity (Wildman–Crippen MR) is 60.3 cm³/mol. The molecule has 1 aromatic rings. The summed E-state index contributed by atoms with van der Waals surface area (Å²) >= 11 is 1.53. The molecule has 0 aliphatic rings. The van der Waals surface area contributed by atoms with Crippen LogP contribution in [-0.2, 0) is 4.79 Å². The van der Waals surface area contributed by atoms with E-state index in [4.69, 9.17) is 5.73 Å². The normalized spacial score (nSPS) is 12.4. The van der Waals surface area contributed by atoms with E-state index in [0.717, 1.165) is 17.7 Å². The maximum absolute atomic E-state index is 11.6. The highest BCUT2D eigenvalue weighted by molar-refractivity contribution is 7.10. The van der Waals surface area contributed by atoms with Crippen molar-refractivity contribution in [2.45, 2.75) is 25.3 Å². The van der Waals surface area contributed by atoms with E-state index in [-0.39, 0.29) is 5.78 Å². The predicted octanol–water partition coefficient (Wildman–Crippen LogP) is 2.67. The molecule has 0 amide bonds. The van der Waals surface area contributed by atoms with E-state index < -0.39 is 6.04 Å². The van der Waals surface area contributed by atoms with Crippen molar-refractivity contribution in [1.29, 1.82) is 0 Å². The lowest BCUT2D eigenvalue weighted by molar-refractivity contribution is -0.120. The van der Waals surface area contributed by atoms with Gasteiger partial charge < -0.3 is 5.73 Å². The molecule has 1 aromatic heterocycles. The van der Waals surface area contributed by atoms with E-state index in [1.54, 1.807) is 0 Å². The van der Waals surface area contributed by atoms with Crippen molar-refractivity contribution in [3.05, 3.63) is 35.0 Å². The Hall–Kier alpha value is -0.930. The van der Waals surface area contributed by atoms with Gasteiger partial charge in [-0.1, -0.05) is 12.1 Å². The smallest absolute Gasteiger partial charge is 0.154 e. The van der Waals surface area contributed by atoms with Crippen molar-refractivity contribution in [3.8, 4) is 0 Å². The van der Waals surface area contributed by atoms with Crippen LogP contribution in [-0.4, -0.2) is 5.78 Å². The van der Waals surface area contributed by atoms with Gasteiger partial charge in [0.25, 0.3) is 0 Å². The minimum atomic E-state index is -0.431. The molecule has 0 bridgehead atoms. The van der Waals surface area contributed by atoms with Crippen molar-refractivity contribution in [1.82, 2.24) is 0 Å². The third-order valence-electron chi connectivity index (χ3n) is 2.03. The summed E-state index contributed by atoms with van der Waals surface area (Å²) in [4.78, 5) is 12.5. The topological polar surface area (TPSA) is 43.1 Å². The first kappa shape index (κ1) is 11.1. The van der Waals surface area contributed by atoms with Crippen LogP contribution >= 0.6 is 11.3 Å². The molecule has 1 unspecified atom stereocenters. The molecule has 76 valence electrons. The second-order valence-electron chi connectivity index (χ2n) is 3.14. The van der Waals surface area contributed by atoms with E-state index in [2.05, 4.69) is 6.58 Å². The summed E-state index contributed by atoms with van der Waals surface area (Å²) in [6.07, 6.45) is 4.10. The fourth-order valence-electron chi connectivity index (χ4n) is 1.20. The zero-order chi connectivity index (χ0) is 10.4. The van der Waals surface area contributed by atoms with Crippen LogP contribution < -0.4 is 5.73 Å². The van der Waals surface area contributed by atoms with Crippen molar-refractivity contribution in [2.24, 2.45) is 5.73 Å². The highest BCUT2D eigenvalue weighted by Gasteiger charge is 2.15. The largest absolute Gasteiger partial charge is 0.317 e. The average molecular weight is 209 g/mol. The van der Waals surface area contributed by atoms with Crippen LogP contribution in [0.25, 0.3) is 0 Å². The van der Waals surface area contributed by atoms with E-state index in [1.807, 2.05) is 23.6 Å². The fraction of sp³-hybridized carbons (Fsp3) is 0.364. The van der Waals surface area contributed by atoms with Crippen LogP contribution in [0.1, 0.15) is 30.2 Å². The number of allylic oxidation sites excluding steroid dienone is 1. The van der Waals surface area contributed by atoms with Crippen molar-refractivity contribution in [3.63, 3.8) is 0 Å². The lowest BCUT2D eigenvalue weighted by Crippen LogP contribution is -2.19. The number of rotatable bonds is 6. The Morgan fingerprint density at radius 3 is 3.07 bits per heavy atom. The highest BCUT2D eigenvalue weighted by atomic mass is 32.1. The van der Waals surface area contributed by atoms with Gasteiger partial charge in [-0.15, -0.1) is 17.9 Å². The Morgan fingerprint density at radius 1 is 1.71 bits per heavy atom. The number of hydrogen-bond acceptors (Lipinski definition) is 3. The molecular formula is C11H15NOS. The number of carbonyl (C=O) groups excluding carboxylic acids is 1. The van der Waals surface area contributed by atoms with E-state index in [9.17, 15) is 4.79 Å². The quantitative estimate of drug-likeness (QED) is 0.578. The van der Waals surface area contributed by atoms with Gasteiger partial charge in [-0.2, -0.15) is 0 Å². The van der Waals surface area contributed by atoms with Gasteiger partial charge in [0, 0.05) is 11.3 Å². The maximum atomic E-state index is 11.6. The van der Waals surface area contributed by atoms with Crippen molar-refractivity contribution in [2.75, 3.05) is 0 Å². The third-order valence-corrected chi connectivity index (χ3v) is 2.98. The van der Waals surface area contributed by atoms with Gasteiger partial charge in [0.1, 0.15) is 0 Å². The van der Waals surface area contributed by atoms with Gasteiger partial charge in [-0.3, -0.25) is 4.79 Å². The second-order valence-corrected chi connectivity index (χ2v) is 4.12. The minimum absolute atomic E-state index is 0.120. The number of unbranched alkanes of at least 4 members (excludes halogenated alkanes) is 1. The Bertz CT molecular complexity index is 292. The zero-order valence-electron chi connectivity index (χ0n) is 8.11. The van der Waals surface area contributed by atoms with Gasteiger partial charge >= 0.3 is 0 Å². The highest BCUT2D eigenvalue weighted by Crippen LogP contribution is 2.19. The molecule has 0 fully saturated rings. The number of thiophene rings is 1. The summed E-state index contributed by atoms with van der Waals surface area (Å²) in [5.74, 6) is 0.120. The van der Waals surface area contributed by atoms with E-state index in [0.29, 0.717) is 6.42 Å². The van der Waals surface area contributed by atoms with Crippen LogP contribution in [0.15, 0.2) is 30.2 Å². The molecule has 3 heteroatoms. The summed E-state index contributed by atoms with van der Waals surface area (Å²) in [6.45, 7) is 3.61. The van der Waals surface area contributed by atoms with Crippen LogP contribution in [0.3, 0.4) is 0 Å². The first-order chi connectivity index (χ1) is 6.75. The Balaban J connectivity index is 2.41. The summed E-state index contributed by atoms with van der Waals surface area (Å²) in [5, 5.41) is 1.94. The molecule has 0 radical (unpaired) electrons. The Morgan fingerprint density at radius 2 is 2.50 bits per heavy atom. The van der Waals surface area contributed by atoms with Gasteiger partial charge in [-0.05, 0) is 24.3 Å². The lowest BCUT2D eigenvalue weighted by atomic mass is 10.1. The third kappa shape index (κ3) is 3.09. The molecule has 1 heterocycles. The summed E-state index contributed by atoms with van der Waals surface area (Å²) in [7, 11) is 0. The van der Waals surface area contributed by atoms with Crippen molar-refractivity contribution < 1.29 is 4.79 Å². The molecular weight excluding hydrogens is 194 g/mol. The van der Waals surface area contributed by atoms with Gasteiger partial charge in [0.2, 0.25) is 0 Å². The van der Waals surface area contributed by atoms with Crippen LogP contribution in [0.2, 0.25) is 0 Å². The molecule has 14 heavy (non-hydrogen) atoms. The van der Waals surface area contributed by atoms with Gasteiger partial charge in [0.05, 0.1) is 6.04 Å². The Kier molecular flexibility index (Phi) is 4.56. The van der Waals surface area contributed by atoms with Crippen LogP contribution in [0.5, 0.6) is 0 Å². The molecule has 2 N–H and O–H groups in total. The molecule has 0 aliphatic carbocycles. The van der Waals surface area contributed by atoms with Gasteiger partial charge in [0.15, 0.2) is 5.78 Å². The second kappa shape index (κ2) is 5.73. The van der Waals surface area contributed by atoms with Crippen molar-refractivity contribution >= 4 is 17.1 Å². The zero-order valence-corrected chi connectivity index (χ0v) is 8.93. The molecule has 1 atom stereocenters. The number of hydrogen-bond donors (Lipinski definition) is 1. The molecule has 0 aliphatic heterocycles. The lowest BCUT2D eigenvalue weighted by Gasteiger charge is -2.07. The first-order valence-corrected chi connectivity index (χ1v) is 5.56. The summed E-state index contributed by atoms with van der Waals surface area (Å²) in [6, 6.07) is 3.39.